The number of aromatic nitrogens is 2. The number of carbonyl (C=O) groups is 1. The van der Waals surface area contributed by atoms with Crippen LogP contribution in [-0.4, -0.2) is 48.5 Å². The molecule has 0 spiro atoms. The Morgan fingerprint density at radius 2 is 1.91 bits per heavy atom. The van der Waals surface area contributed by atoms with Gasteiger partial charge in [-0.3, -0.25) is 4.79 Å². The Balaban J connectivity index is 1.33. The van der Waals surface area contributed by atoms with Crippen LogP contribution in [0.1, 0.15) is 50.0 Å². The lowest BCUT2D eigenvalue weighted by atomic mass is 10.0. The highest BCUT2D eigenvalue weighted by molar-refractivity contribution is 7.89. The molecule has 0 aliphatic carbocycles. The van der Waals surface area contributed by atoms with Gasteiger partial charge < -0.3 is 18.9 Å². The van der Waals surface area contributed by atoms with Gasteiger partial charge in [0.1, 0.15) is 5.82 Å². The standard InChI is InChI=1S/C25H30N4O5S/c1-2-28-21-8-7-18(35(26,31)32)16-19(21)27-24(28)10-11-25(30)29-12-3-5-20(29)17-6-9-22-23(15-17)34-14-4-13-33-22/h6-9,15-16,20H,2-5,10-14H2,1H3,(H2,26,31,32)/t20-/m1/s1. The molecule has 9 nitrogen and oxygen atoms in total. The van der Waals surface area contributed by atoms with Crippen molar-refractivity contribution in [2.75, 3.05) is 19.8 Å². The lowest BCUT2D eigenvalue weighted by Crippen LogP contribution is -2.31. The van der Waals surface area contributed by atoms with Crippen LogP contribution in [0.15, 0.2) is 41.3 Å². The van der Waals surface area contributed by atoms with Crippen molar-refractivity contribution in [2.24, 2.45) is 5.14 Å². The SMILES string of the molecule is CCn1c(CCC(=O)N2CCC[C@@H]2c2ccc3c(c2)OCCCO3)nc2cc(S(N)(=O)=O)ccc21. The number of imidazole rings is 1. The molecule has 3 aromatic rings. The predicted octanol–water partition coefficient (Wildman–Crippen LogP) is 3.16. The summed E-state index contributed by atoms with van der Waals surface area (Å²) in [5.74, 6) is 2.34. The highest BCUT2D eigenvalue weighted by Crippen LogP contribution is 2.38. The topological polar surface area (TPSA) is 117 Å². The molecule has 2 N–H and O–H groups in total. The van der Waals surface area contributed by atoms with Crippen molar-refractivity contribution < 1.29 is 22.7 Å². The molecule has 1 fully saturated rings. The smallest absolute Gasteiger partial charge is 0.238 e. The van der Waals surface area contributed by atoms with Crippen molar-refractivity contribution in [1.82, 2.24) is 14.5 Å². The van der Waals surface area contributed by atoms with E-state index in [9.17, 15) is 13.2 Å². The Hall–Kier alpha value is -3.11. The van der Waals surface area contributed by atoms with Crippen molar-refractivity contribution >= 4 is 27.0 Å². The summed E-state index contributed by atoms with van der Waals surface area (Å²) < 4.78 is 37.1. The van der Waals surface area contributed by atoms with Crippen LogP contribution in [0.4, 0.5) is 0 Å². The minimum atomic E-state index is -3.81. The molecule has 0 bridgehead atoms. The first-order valence-corrected chi connectivity index (χ1v) is 13.6. The summed E-state index contributed by atoms with van der Waals surface area (Å²) >= 11 is 0. The molecule has 0 unspecified atom stereocenters. The van der Waals surface area contributed by atoms with Crippen molar-refractivity contribution in [2.45, 2.75) is 56.5 Å². The molecule has 2 aliphatic rings. The molecular weight excluding hydrogens is 468 g/mol. The second-order valence-electron chi connectivity index (χ2n) is 8.97. The van der Waals surface area contributed by atoms with Gasteiger partial charge in [-0.25, -0.2) is 18.5 Å². The van der Waals surface area contributed by atoms with Gasteiger partial charge in [0.15, 0.2) is 11.5 Å². The van der Waals surface area contributed by atoms with Gasteiger partial charge in [-0.2, -0.15) is 0 Å². The van der Waals surface area contributed by atoms with Crippen LogP contribution in [0, 0.1) is 0 Å². The van der Waals surface area contributed by atoms with Crippen LogP contribution >= 0.6 is 0 Å². The van der Waals surface area contributed by atoms with Gasteiger partial charge >= 0.3 is 0 Å². The number of hydrogen-bond acceptors (Lipinski definition) is 6. The van der Waals surface area contributed by atoms with Crippen LogP contribution in [-0.2, 0) is 27.8 Å². The van der Waals surface area contributed by atoms with Crippen molar-refractivity contribution in [3.05, 3.63) is 47.8 Å². The zero-order valence-corrected chi connectivity index (χ0v) is 20.6. The van der Waals surface area contributed by atoms with E-state index in [4.69, 9.17) is 14.6 Å². The van der Waals surface area contributed by atoms with Gasteiger partial charge in [0.25, 0.3) is 0 Å². The summed E-state index contributed by atoms with van der Waals surface area (Å²) in [5.41, 5.74) is 2.46. The van der Waals surface area contributed by atoms with Crippen molar-refractivity contribution in [3.8, 4) is 11.5 Å². The minimum Gasteiger partial charge on any atom is -0.490 e. The molecule has 1 amide bonds. The van der Waals surface area contributed by atoms with E-state index in [1.807, 2.05) is 34.6 Å². The highest BCUT2D eigenvalue weighted by atomic mass is 32.2. The maximum absolute atomic E-state index is 13.3. The van der Waals surface area contributed by atoms with Gasteiger partial charge in [-0.05, 0) is 55.7 Å². The number of sulfonamides is 1. The van der Waals surface area contributed by atoms with Gasteiger partial charge in [0.05, 0.1) is 35.2 Å². The number of rotatable bonds is 6. The molecular formula is C25H30N4O5S. The number of ether oxygens (including phenoxy) is 2. The third kappa shape index (κ3) is 4.72. The van der Waals surface area contributed by atoms with Crippen molar-refractivity contribution in [3.63, 3.8) is 0 Å². The number of hydrogen-bond donors (Lipinski definition) is 1. The lowest BCUT2D eigenvalue weighted by Gasteiger charge is -2.26. The molecule has 35 heavy (non-hydrogen) atoms. The molecule has 1 saturated heterocycles. The van der Waals surface area contributed by atoms with E-state index in [1.165, 1.54) is 12.1 Å². The Kier molecular flexibility index (Phi) is 6.41. The molecule has 3 heterocycles. The van der Waals surface area contributed by atoms with E-state index < -0.39 is 10.0 Å². The van der Waals surface area contributed by atoms with Gasteiger partial charge in [-0.1, -0.05) is 6.07 Å². The normalized spacial score (nSPS) is 18.1. The van der Waals surface area contributed by atoms with Crippen LogP contribution in [0.2, 0.25) is 0 Å². The first-order chi connectivity index (χ1) is 16.8. The highest BCUT2D eigenvalue weighted by Gasteiger charge is 2.31. The number of aryl methyl sites for hydroxylation is 2. The minimum absolute atomic E-state index is 0.0157. The second-order valence-corrected chi connectivity index (χ2v) is 10.5. The number of primary sulfonamides is 1. The van der Waals surface area contributed by atoms with Crippen LogP contribution in [0.25, 0.3) is 11.0 Å². The lowest BCUT2D eigenvalue weighted by molar-refractivity contribution is -0.132. The van der Waals surface area contributed by atoms with E-state index in [2.05, 4.69) is 4.98 Å². The fourth-order valence-corrected chi connectivity index (χ4v) is 5.58. The van der Waals surface area contributed by atoms with Gasteiger partial charge in [0, 0.05) is 32.4 Å². The average molecular weight is 499 g/mol. The molecule has 10 heteroatoms. The Morgan fingerprint density at radius 3 is 2.69 bits per heavy atom. The van der Waals surface area contributed by atoms with Gasteiger partial charge in [0.2, 0.25) is 15.9 Å². The molecule has 0 radical (unpaired) electrons. The molecule has 0 saturated carbocycles. The molecule has 5 rings (SSSR count). The number of likely N-dealkylation sites (tertiary alicyclic amines) is 1. The van der Waals surface area contributed by atoms with E-state index in [-0.39, 0.29) is 16.8 Å². The van der Waals surface area contributed by atoms with E-state index >= 15 is 0 Å². The Bertz CT molecular complexity index is 1370. The first kappa shape index (κ1) is 23.6. The van der Waals surface area contributed by atoms with E-state index in [0.717, 1.165) is 54.2 Å². The molecule has 2 aliphatic heterocycles. The summed E-state index contributed by atoms with van der Waals surface area (Å²) in [6, 6.07) is 10.7. The first-order valence-electron chi connectivity index (χ1n) is 12.1. The largest absolute Gasteiger partial charge is 0.490 e. The summed E-state index contributed by atoms with van der Waals surface area (Å²) in [5, 5.41) is 5.27. The summed E-state index contributed by atoms with van der Waals surface area (Å²) in [6.07, 6.45) is 3.51. The fourth-order valence-electron chi connectivity index (χ4n) is 5.04. The van der Waals surface area contributed by atoms with Crippen LogP contribution < -0.4 is 14.6 Å². The van der Waals surface area contributed by atoms with Crippen LogP contribution in [0.3, 0.4) is 0 Å². The maximum Gasteiger partial charge on any atom is 0.238 e. The number of nitrogens with zero attached hydrogens (tertiary/aromatic N) is 3. The summed E-state index contributed by atoms with van der Waals surface area (Å²) in [4.78, 5) is 19.9. The zero-order chi connectivity index (χ0) is 24.6. The number of benzene rings is 2. The quantitative estimate of drug-likeness (QED) is 0.558. The molecule has 2 aromatic carbocycles. The van der Waals surface area contributed by atoms with Gasteiger partial charge in [-0.15, -0.1) is 0 Å². The Labute approximate surface area is 204 Å². The Morgan fingerprint density at radius 1 is 1.11 bits per heavy atom. The number of nitrogens with two attached hydrogens (primary N) is 1. The monoisotopic (exact) mass is 498 g/mol. The maximum atomic E-state index is 13.3. The average Bonchev–Trinajstić information content (AvgIpc) is 3.39. The summed E-state index contributed by atoms with van der Waals surface area (Å²) in [6.45, 7) is 4.66. The summed E-state index contributed by atoms with van der Waals surface area (Å²) in [7, 11) is -3.81. The van der Waals surface area contributed by atoms with E-state index in [0.29, 0.717) is 38.1 Å². The predicted molar refractivity (Wildman–Crippen MR) is 131 cm³/mol. The number of amides is 1. The molecule has 1 atom stereocenters. The van der Waals surface area contributed by atoms with Crippen LogP contribution in [0.5, 0.6) is 11.5 Å². The number of fused-ring (bicyclic) bond motifs is 2. The third-order valence-corrected chi connectivity index (χ3v) is 7.65. The molecule has 1 aromatic heterocycles. The number of carbonyl (C=O) groups excluding carboxylic acids is 1. The fraction of sp³-hybridized carbons (Fsp3) is 0.440. The zero-order valence-electron chi connectivity index (χ0n) is 19.8. The molecule has 186 valence electrons. The van der Waals surface area contributed by atoms with Crippen molar-refractivity contribution in [1.29, 1.82) is 0 Å². The third-order valence-electron chi connectivity index (χ3n) is 6.74. The second kappa shape index (κ2) is 9.50. The van der Waals surface area contributed by atoms with E-state index in [1.54, 1.807) is 6.07 Å².